The van der Waals surface area contributed by atoms with E-state index in [0.29, 0.717) is 47.3 Å². The highest BCUT2D eigenvalue weighted by Crippen LogP contribution is 2.30. The fourth-order valence-electron chi connectivity index (χ4n) is 6.38. The van der Waals surface area contributed by atoms with E-state index < -0.39 is 17.8 Å². The van der Waals surface area contributed by atoms with Gasteiger partial charge < -0.3 is 34.1 Å². The van der Waals surface area contributed by atoms with Crippen LogP contribution in [0.15, 0.2) is 113 Å². The van der Waals surface area contributed by atoms with E-state index in [0.717, 1.165) is 33.4 Å². The minimum atomic E-state index is -0.938. The Kier molecular flexibility index (Phi) is 12.3. The normalized spacial score (nSPS) is 13.3. The molecule has 0 radical (unpaired) electrons. The van der Waals surface area contributed by atoms with Crippen molar-refractivity contribution in [3.63, 3.8) is 0 Å². The van der Waals surface area contributed by atoms with Gasteiger partial charge in [-0.3, -0.25) is 9.59 Å². The lowest BCUT2D eigenvalue weighted by Gasteiger charge is -2.27. The highest BCUT2D eigenvalue weighted by molar-refractivity contribution is 5.96. The summed E-state index contributed by atoms with van der Waals surface area (Å²) in [5.41, 5.74) is 7.25. The van der Waals surface area contributed by atoms with E-state index in [9.17, 15) is 14.7 Å². The number of methoxy groups -OCH3 is 2. The van der Waals surface area contributed by atoms with Gasteiger partial charge in [0, 0.05) is 40.9 Å². The zero-order valence-electron chi connectivity index (χ0n) is 32.7. The smallest absolute Gasteiger partial charge is 0.326 e. The number of hydrogen-bond donors (Lipinski definition) is 2. The van der Waals surface area contributed by atoms with Crippen molar-refractivity contribution in [2.45, 2.75) is 58.8 Å². The van der Waals surface area contributed by atoms with E-state index in [1.165, 1.54) is 10.5 Å². The lowest BCUT2D eigenvalue weighted by Crippen LogP contribution is -2.40. The molecule has 1 aromatic heterocycles. The Morgan fingerprint density at radius 1 is 0.875 bits per heavy atom. The van der Waals surface area contributed by atoms with Crippen LogP contribution in [0.1, 0.15) is 61.0 Å². The number of carbonyl (C=O) groups is 2. The summed E-state index contributed by atoms with van der Waals surface area (Å²) in [6.45, 7) is 7.45. The second-order valence-electron chi connectivity index (χ2n) is 14.8. The molecule has 6 rings (SSSR count). The number of anilines is 1. The van der Waals surface area contributed by atoms with Crippen LogP contribution in [-0.2, 0) is 16.0 Å². The Bertz CT molecular complexity index is 2200. The van der Waals surface area contributed by atoms with Crippen LogP contribution in [-0.4, -0.2) is 71.2 Å². The zero-order valence-corrected chi connectivity index (χ0v) is 32.7. The van der Waals surface area contributed by atoms with Gasteiger partial charge in [0.2, 0.25) is 5.82 Å². The first-order valence-electron chi connectivity index (χ1n) is 18.5. The maximum atomic E-state index is 13.9. The van der Waals surface area contributed by atoms with Gasteiger partial charge in [-0.2, -0.15) is 4.98 Å². The number of allylic oxidation sites excluding steroid dienone is 3. The van der Waals surface area contributed by atoms with Gasteiger partial charge in [0.05, 0.1) is 14.2 Å². The number of aliphatic hydroxyl groups excluding tert-OH is 1. The Hall–Kier alpha value is -6.20. The van der Waals surface area contributed by atoms with E-state index in [2.05, 4.69) is 46.6 Å². The average molecular weight is 757 g/mol. The summed E-state index contributed by atoms with van der Waals surface area (Å²) in [5, 5.41) is 18.1. The Balaban J connectivity index is 1.12. The summed E-state index contributed by atoms with van der Waals surface area (Å²) in [7, 11) is 3.16. The predicted octanol–water partition coefficient (Wildman–Crippen LogP) is 8.29. The number of benzene rings is 4. The summed E-state index contributed by atoms with van der Waals surface area (Å²) in [6.07, 6.45) is 4.45. The molecule has 4 aromatic carbocycles. The molecule has 1 atom stereocenters. The first kappa shape index (κ1) is 39.5. The molecular weight excluding hydrogens is 709 g/mol. The van der Waals surface area contributed by atoms with Crippen LogP contribution >= 0.6 is 0 Å². The summed E-state index contributed by atoms with van der Waals surface area (Å²) >= 11 is 0. The number of esters is 1. The van der Waals surface area contributed by atoms with Crippen molar-refractivity contribution in [1.82, 2.24) is 15.0 Å². The van der Waals surface area contributed by atoms with E-state index >= 15 is 0 Å². The lowest BCUT2D eigenvalue weighted by molar-refractivity contribution is -0.155. The molecule has 0 fully saturated rings. The van der Waals surface area contributed by atoms with Gasteiger partial charge in [0.25, 0.3) is 11.8 Å². The van der Waals surface area contributed by atoms with Gasteiger partial charge in [-0.15, -0.1) is 0 Å². The number of aromatic nitrogens is 2. The third-order valence-electron chi connectivity index (χ3n) is 9.25. The van der Waals surface area contributed by atoms with Gasteiger partial charge in [-0.1, -0.05) is 77.0 Å². The van der Waals surface area contributed by atoms with Gasteiger partial charge in [0.1, 0.15) is 29.9 Å². The van der Waals surface area contributed by atoms with E-state index in [1.54, 1.807) is 71.4 Å². The fraction of sp³-hybridized carbons (Fsp3) is 0.289. The van der Waals surface area contributed by atoms with Gasteiger partial charge >= 0.3 is 5.97 Å². The Labute approximate surface area is 327 Å². The fourth-order valence-corrected chi connectivity index (χ4v) is 6.38. The molecule has 2 N–H and O–H groups in total. The summed E-state index contributed by atoms with van der Waals surface area (Å²) in [6, 6.07) is 28.7. The number of hydrogen-bond acceptors (Lipinski definition) is 10. The van der Waals surface area contributed by atoms with Crippen molar-refractivity contribution in [3.05, 3.63) is 131 Å². The largest absolute Gasteiger partial charge is 0.497 e. The van der Waals surface area contributed by atoms with E-state index in [4.69, 9.17) is 18.7 Å². The second kappa shape index (κ2) is 17.5. The molecule has 0 bridgehead atoms. The zero-order chi connectivity index (χ0) is 39.8. The molecule has 11 nitrogen and oxygen atoms in total. The predicted molar refractivity (Wildman–Crippen MR) is 216 cm³/mol. The summed E-state index contributed by atoms with van der Waals surface area (Å²) < 4.78 is 22.0. The minimum Gasteiger partial charge on any atom is -0.497 e. The summed E-state index contributed by atoms with van der Waals surface area (Å²) in [4.78, 5) is 33.1. The maximum Gasteiger partial charge on any atom is 0.326 e. The monoisotopic (exact) mass is 756 g/mol. The third-order valence-corrected chi connectivity index (χ3v) is 9.25. The summed E-state index contributed by atoms with van der Waals surface area (Å²) in [5.74, 6) is 1.42. The second-order valence-corrected chi connectivity index (χ2v) is 14.8. The van der Waals surface area contributed by atoms with Gasteiger partial charge in [-0.25, -0.2) is 0 Å². The Morgan fingerprint density at radius 2 is 1.55 bits per heavy atom. The van der Waals surface area contributed by atoms with Gasteiger partial charge in [0.15, 0.2) is 0 Å². The quantitative estimate of drug-likeness (QED) is 0.0842. The number of nitrogens with zero attached hydrogens (tertiary/aromatic N) is 3. The number of aliphatic hydroxyl groups is 1. The van der Waals surface area contributed by atoms with Crippen LogP contribution < -0.4 is 14.8 Å². The molecule has 0 spiro atoms. The molecule has 1 heterocycles. The van der Waals surface area contributed by atoms with Crippen molar-refractivity contribution < 1.29 is 33.4 Å². The highest BCUT2D eigenvalue weighted by atomic mass is 16.6. The molecule has 1 aliphatic rings. The number of nitrogens with one attached hydrogen (secondary N) is 1. The molecule has 1 aliphatic carbocycles. The van der Waals surface area contributed by atoms with E-state index in [-0.39, 0.29) is 25.4 Å². The van der Waals surface area contributed by atoms with E-state index in [1.807, 2.05) is 42.5 Å². The van der Waals surface area contributed by atoms with Crippen molar-refractivity contribution in [2.24, 2.45) is 0 Å². The number of carbonyl (C=O) groups excluding carboxylic acids is 2. The topological polar surface area (TPSA) is 136 Å². The first-order chi connectivity index (χ1) is 26.9. The van der Waals surface area contributed by atoms with Crippen molar-refractivity contribution in [1.29, 1.82) is 0 Å². The van der Waals surface area contributed by atoms with Gasteiger partial charge in [-0.05, 0) is 94.1 Å². The maximum absolute atomic E-state index is 13.9. The molecule has 11 heteroatoms. The molecule has 0 saturated carbocycles. The lowest BCUT2D eigenvalue weighted by atomic mass is 9.97. The number of ether oxygens (including phenoxy) is 3. The molecule has 56 heavy (non-hydrogen) atoms. The van der Waals surface area contributed by atoms with Crippen LogP contribution in [0, 0.1) is 6.92 Å². The molecule has 290 valence electrons. The minimum absolute atomic E-state index is 0.221. The van der Waals surface area contributed by atoms with Crippen LogP contribution in [0.5, 0.6) is 11.5 Å². The number of aryl methyl sites for hydroxylation is 1. The standard InChI is InChI=1S/C45H48N4O7/c1-29-7-11-31(12-8-29)32-15-17-33(18-16-32)42-47-43(56-48-42)34-13-9-30(10-14-34)27-49(28-41(51)55-45(2,3)4)44(52)35-19-21-37(22-20-35)46-40(50)26-36-25-38(53-5)23-24-39(36)54-6/h7-9,11-13,15-25,40,46,50H,10,14,26-28H2,1-6H3. The van der Waals surface area contributed by atoms with Crippen LogP contribution in [0.2, 0.25) is 0 Å². The third kappa shape index (κ3) is 10.3. The molecule has 1 unspecified atom stereocenters. The molecule has 1 amide bonds. The molecule has 5 aromatic rings. The molecule has 0 saturated heterocycles. The Morgan fingerprint density at radius 3 is 2.18 bits per heavy atom. The molecular formula is C45H48N4O7. The average Bonchev–Trinajstić information content (AvgIpc) is 3.68. The van der Waals surface area contributed by atoms with Crippen molar-refractivity contribution in [2.75, 3.05) is 32.6 Å². The van der Waals surface area contributed by atoms with Crippen LogP contribution in [0.4, 0.5) is 5.69 Å². The number of rotatable bonds is 14. The SMILES string of the molecule is COc1ccc(OC)c(CC(O)Nc2ccc(C(=O)N(CC(=O)OC(C)(C)C)CC3=CC=C(c4nc(-c5ccc(-c6ccc(C)cc6)cc5)no4)CC3)cc2)c1. The van der Waals surface area contributed by atoms with Crippen molar-refractivity contribution >= 4 is 23.1 Å². The first-order valence-corrected chi connectivity index (χ1v) is 18.5. The van der Waals surface area contributed by atoms with Crippen molar-refractivity contribution in [3.8, 4) is 34.0 Å². The highest BCUT2D eigenvalue weighted by Gasteiger charge is 2.25. The molecule has 0 aliphatic heterocycles. The number of amides is 1. The van der Waals surface area contributed by atoms with Crippen LogP contribution in [0.3, 0.4) is 0 Å². The van der Waals surface area contributed by atoms with Crippen LogP contribution in [0.25, 0.3) is 28.1 Å².